The van der Waals surface area contributed by atoms with Crippen molar-refractivity contribution in [2.24, 2.45) is 0 Å². The largest absolute Gasteiger partial charge is 0.313 e. The van der Waals surface area contributed by atoms with E-state index in [1.807, 2.05) is 18.4 Å². The van der Waals surface area contributed by atoms with E-state index in [1.54, 1.807) is 34.9 Å². The predicted octanol–water partition coefficient (Wildman–Crippen LogP) is 4.76. The molecule has 8 heteroatoms. The third kappa shape index (κ3) is 2.87. The van der Waals surface area contributed by atoms with Gasteiger partial charge in [-0.15, -0.1) is 11.3 Å². The van der Waals surface area contributed by atoms with Crippen molar-refractivity contribution in [1.82, 2.24) is 13.9 Å². The molecule has 0 atom stereocenters. The zero-order valence-corrected chi connectivity index (χ0v) is 14.0. The summed E-state index contributed by atoms with van der Waals surface area (Å²) in [7, 11) is 0. The van der Waals surface area contributed by atoms with E-state index in [0.717, 1.165) is 19.3 Å². The van der Waals surface area contributed by atoms with Gasteiger partial charge in [0.2, 0.25) is 5.16 Å². The molecular formula is C11H9N3S5. The van der Waals surface area contributed by atoms with Crippen molar-refractivity contribution in [1.29, 1.82) is 0 Å². The first-order chi connectivity index (χ1) is 9.28. The number of para-hydroxylation sites is 1. The Kier molecular flexibility index (Phi) is 4.23. The first kappa shape index (κ1) is 13.6. The molecule has 0 spiro atoms. The molecule has 0 radical (unpaired) electrons. The van der Waals surface area contributed by atoms with Crippen molar-refractivity contribution >= 4 is 68.8 Å². The van der Waals surface area contributed by atoms with Crippen LogP contribution in [0.15, 0.2) is 33.8 Å². The molecule has 0 aliphatic rings. The molecule has 3 nitrogen and oxygen atoms in total. The van der Waals surface area contributed by atoms with E-state index in [-0.39, 0.29) is 0 Å². The van der Waals surface area contributed by atoms with Crippen LogP contribution in [0.2, 0.25) is 0 Å². The second-order valence-electron chi connectivity index (χ2n) is 3.58. The molecule has 1 aromatic carbocycles. The van der Waals surface area contributed by atoms with Crippen LogP contribution in [0.25, 0.3) is 10.2 Å². The van der Waals surface area contributed by atoms with E-state index < -0.39 is 0 Å². The molecule has 0 saturated heterocycles. The highest BCUT2D eigenvalue weighted by molar-refractivity contribution is 8.00. The van der Waals surface area contributed by atoms with Crippen LogP contribution >= 0.6 is 58.6 Å². The summed E-state index contributed by atoms with van der Waals surface area (Å²) in [6, 6.07) is 8.30. The van der Waals surface area contributed by atoms with Crippen LogP contribution in [-0.2, 0) is 5.88 Å². The summed E-state index contributed by atoms with van der Waals surface area (Å²) in [5.41, 5.74) is 1.19. The molecule has 2 aromatic heterocycles. The van der Waals surface area contributed by atoms with Crippen molar-refractivity contribution < 1.29 is 0 Å². The number of thioether (sulfide) groups is 2. The molecule has 2 heterocycles. The number of benzene rings is 1. The Balaban J connectivity index is 1.85. The molecule has 0 saturated carbocycles. The van der Waals surface area contributed by atoms with Gasteiger partial charge < -0.3 is 4.57 Å². The first-order valence-corrected chi connectivity index (χ1v) is 9.57. The normalized spacial score (nSPS) is 11.2. The SMILES string of the molecule is CSc1nsc(SCn2c(=S)sc3ccccc32)n1. The lowest BCUT2D eigenvalue weighted by atomic mass is 10.3. The Morgan fingerprint density at radius 1 is 1.37 bits per heavy atom. The highest BCUT2D eigenvalue weighted by Crippen LogP contribution is 2.29. The van der Waals surface area contributed by atoms with Gasteiger partial charge in [0.05, 0.1) is 16.1 Å². The van der Waals surface area contributed by atoms with E-state index in [1.165, 1.54) is 21.7 Å². The maximum Gasteiger partial charge on any atom is 0.200 e. The van der Waals surface area contributed by atoms with Gasteiger partial charge in [0.1, 0.15) is 0 Å². The van der Waals surface area contributed by atoms with Gasteiger partial charge in [0.15, 0.2) is 8.29 Å². The summed E-state index contributed by atoms with van der Waals surface area (Å²) in [5, 5.41) is 0.839. The van der Waals surface area contributed by atoms with Crippen molar-refractivity contribution in [3.8, 4) is 0 Å². The minimum absolute atomic E-state index is 0.784. The summed E-state index contributed by atoms with van der Waals surface area (Å²) in [4.78, 5) is 4.43. The summed E-state index contributed by atoms with van der Waals surface area (Å²) in [6.45, 7) is 0. The summed E-state index contributed by atoms with van der Waals surface area (Å²) in [6.07, 6.45) is 1.99. The van der Waals surface area contributed by atoms with Gasteiger partial charge in [-0.2, -0.15) is 4.37 Å². The van der Waals surface area contributed by atoms with Gasteiger partial charge in [-0.25, -0.2) is 4.98 Å². The Hall–Kier alpha value is -0.410. The van der Waals surface area contributed by atoms with E-state index in [0.29, 0.717) is 0 Å². The zero-order valence-electron chi connectivity index (χ0n) is 9.90. The third-order valence-electron chi connectivity index (χ3n) is 2.46. The van der Waals surface area contributed by atoms with Crippen molar-refractivity contribution in [3.63, 3.8) is 0 Å². The van der Waals surface area contributed by atoms with E-state index >= 15 is 0 Å². The number of thiazole rings is 1. The molecule has 19 heavy (non-hydrogen) atoms. The van der Waals surface area contributed by atoms with E-state index in [2.05, 4.69) is 26.1 Å². The Morgan fingerprint density at radius 3 is 3.00 bits per heavy atom. The maximum absolute atomic E-state index is 5.43. The number of aromatic nitrogens is 3. The number of hydrogen-bond donors (Lipinski definition) is 0. The molecular weight excluding hydrogens is 334 g/mol. The van der Waals surface area contributed by atoms with Crippen LogP contribution < -0.4 is 0 Å². The monoisotopic (exact) mass is 343 g/mol. The number of rotatable bonds is 4. The quantitative estimate of drug-likeness (QED) is 0.504. The molecule has 0 bridgehead atoms. The van der Waals surface area contributed by atoms with Crippen LogP contribution in [0.5, 0.6) is 0 Å². The lowest BCUT2D eigenvalue weighted by Gasteiger charge is -2.01. The minimum atomic E-state index is 0.784. The van der Waals surface area contributed by atoms with Crippen LogP contribution in [0.4, 0.5) is 0 Å². The second kappa shape index (κ2) is 5.92. The summed E-state index contributed by atoms with van der Waals surface area (Å²) < 4.78 is 9.54. The molecule has 0 aliphatic carbocycles. The van der Waals surface area contributed by atoms with Crippen LogP contribution in [0.3, 0.4) is 0 Å². The smallest absolute Gasteiger partial charge is 0.200 e. The number of nitrogens with zero attached hydrogens (tertiary/aromatic N) is 3. The molecule has 0 unspecified atom stereocenters. The maximum atomic E-state index is 5.43. The molecule has 98 valence electrons. The fourth-order valence-corrected chi connectivity index (χ4v) is 5.25. The average molecular weight is 344 g/mol. The zero-order chi connectivity index (χ0) is 13.2. The van der Waals surface area contributed by atoms with Gasteiger partial charge in [-0.05, 0) is 42.1 Å². The molecule has 3 aromatic rings. The highest BCUT2D eigenvalue weighted by atomic mass is 32.2. The van der Waals surface area contributed by atoms with Gasteiger partial charge in [0, 0.05) is 0 Å². The Bertz CT molecular complexity index is 757. The van der Waals surface area contributed by atoms with Crippen LogP contribution in [0.1, 0.15) is 0 Å². The fraction of sp³-hybridized carbons (Fsp3) is 0.182. The minimum Gasteiger partial charge on any atom is -0.313 e. The lowest BCUT2D eigenvalue weighted by Crippen LogP contribution is -1.93. The molecule has 0 fully saturated rings. The summed E-state index contributed by atoms with van der Waals surface area (Å²) in [5.74, 6) is 0.784. The van der Waals surface area contributed by atoms with Crippen molar-refractivity contribution in [3.05, 3.63) is 28.2 Å². The Labute approximate surface area is 132 Å². The average Bonchev–Trinajstić information content (AvgIpc) is 3.00. The molecule has 0 amide bonds. The van der Waals surface area contributed by atoms with Gasteiger partial charge in [-0.1, -0.05) is 35.7 Å². The third-order valence-corrected chi connectivity index (χ3v) is 6.37. The standard InChI is InChI=1S/C11H9N3S5/c1-16-9-12-10(19-13-9)17-6-14-7-4-2-3-5-8(7)18-11(14)15/h2-5H,6H2,1H3. The van der Waals surface area contributed by atoms with E-state index in [4.69, 9.17) is 12.2 Å². The van der Waals surface area contributed by atoms with Crippen molar-refractivity contribution in [2.75, 3.05) is 6.26 Å². The van der Waals surface area contributed by atoms with Gasteiger partial charge in [-0.3, -0.25) is 0 Å². The lowest BCUT2D eigenvalue weighted by molar-refractivity contribution is 0.930. The van der Waals surface area contributed by atoms with Crippen LogP contribution in [-0.4, -0.2) is 20.2 Å². The predicted molar refractivity (Wildman–Crippen MR) is 88.2 cm³/mol. The summed E-state index contributed by atoms with van der Waals surface area (Å²) >= 11 is 11.8. The topological polar surface area (TPSA) is 30.7 Å². The second-order valence-corrected chi connectivity index (χ2v) is 7.98. The first-order valence-electron chi connectivity index (χ1n) is 5.37. The molecule has 0 aliphatic heterocycles. The fourth-order valence-electron chi connectivity index (χ4n) is 1.59. The molecule has 0 N–H and O–H groups in total. The van der Waals surface area contributed by atoms with E-state index in [9.17, 15) is 0 Å². The van der Waals surface area contributed by atoms with Gasteiger partial charge in [0.25, 0.3) is 0 Å². The molecule has 3 rings (SSSR count). The number of hydrogen-bond acceptors (Lipinski definition) is 7. The Morgan fingerprint density at radius 2 is 2.21 bits per heavy atom. The number of fused-ring (bicyclic) bond motifs is 1. The van der Waals surface area contributed by atoms with Crippen molar-refractivity contribution in [2.45, 2.75) is 15.4 Å². The highest BCUT2D eigenvalue weighted by Gasteiger charge is 2.07. The van der Waals surface area contributed by atoms with Crippen LogP contribution in [0, 0.1) is 3.95 Å². The van der Waals surface area contributed by atoms with Gasteiger partial charge >= 0.3 is 0 Å².